The molecule has 0 bridgehead atoms. The lowest BCUT2D eigenvalue weighted by Gasteiger charge is -2.20. The molecule has 0 spiro atoms. The lowest BCUT2D eigenvalue weighted by atomic mass is 10.1. The molecule has 2 amide bonds. The fraction of sp³-hybridized carbons (Fsp3) is 0.238. The number of urea groups is 1. The predicted molar refractivity (Wildman–Crippen MR) is 105 cm³/mol. The number of rotatable bonds is 7. The summed E-state index contributed by atoms with van der Waals surface area (Å²) in [6.07, 6.45) is 4.04. The van der Waals surface area contributed by atoms with Crippen LogP contribution in [-0.4, -0.2) is 29.2 Å². The molecule has 146 valence electrons. The number of nitrogens with one attached hydrogen (secondary N) is 2. The minimum atomic E-state index is -0.692. The molecule has 0 saturated carbocycles. The van der Waals surface area contributed by atoms with Gasteiger partial charge in [0.05, 0.1) is 7.11 Å². The van der Waals surface area contributed by atoms with Crippen molar-refractivity contribution in [1.82, 2.24) is 20.2 Å². The van der Waals surface area contributed by atoms with E-state index >= 15 is 0 Å². The third kappa shape index (κ3) is 4.68. The van der Waals surface area contributed by atoms with Gasteiger partial charge in [-0.25, -0.2) is 14.2 Å². The fourth-order valence-electron chi connectivity index (χ4n) is 2.94. The molecule has 0 unspecified atom stereocenters. The van der Waals surface area contributed by atoms with Crippen molar-refractivity contribution in [2.45, 2.75) is 12.5 Å². The van der Waals surface area contributed by atoms with E-state index in [2.05, 4.69) is 15.6 Å². The SMILES string of the molecule is COc1ccc(CCNC(=O)N[C@H](c2ccccc2F)c2nccn2C)cc1. The van der Waals surface area contributed by atoms with E-state index in [0.717, 1.165) is 11.3 Å². The minimum absolute atomic E-state index is 0.363. The molecule has 7 heteroatoms. The topological polar surface area (TPSA) is 68.2 Å². The Morgan fingerprint density at radius 2 is 1.96 bits per heavy atom. The average Bonchev–Trinajstić information content (AvgIpc) is 3.13. The van der Waals surface area contributed by atoms with Crippen LogP contribution in [0.4, 0.5) is 9.18 Å². The number of aromatic nitrogens is 2. The highest BCUT2D eigenvalue weighted by Crippen LogP contribution is 2.22. The molecule has 0 aliphatic heterocycles. The number of carbonyl (C=O) groups is 1. The van der Waals surface area contributed by atoms with Crippen LogP contribution in [0.25, 0.3) is 0 Å². The van der Waals surface area contributed by atoms with E-state index < -0.39 is 11.9 Å². The number of hydrogen-bond donors (Lipinski definition) is 2. The summed E-state index contributed by atoms with van der Waals surface area (Å²) >= 11 is 0. The minimum Gasteiger partial charge on any atom is -0.497 e. The van der Waals surface area contributed by atoms with Crippen LogP contribution in [0.3, 0.4) is 0 Å². The maximum atomic E-state index is 14.3. The normalized spacial score (nSPS) is 11.7. The number of nitrogens with zero attached hydrogens (tertiary/aromatic N) is 2. The van der Waals surface area contributed by atoms with Gasteiger partial charge in [-0.3, -0.25) is 0 Å². The van der Waals surface area contributed by atoms with E-state index in [1.165, 1.54) is 6.07 Å². The second-order valence-electron chi connectivity index (χ2n) is 6.35. The quantitative estimate of drug-likeness (QED) is 0.659. The Balaban J connectivity index is 1.64. The van der Waals surface area contributed by atoms with Gasteiger partial charge in [0.1, 0.15) is 23.4 Å². The molecule has 2 N–H and O–H groups in total. The Kier molecular flexibility index (Phi) is 6.26. The van der Waals surface area contributed by atoms with Gasteiger partial charge in [-0.05, 0) is 30.2 Å². The van der Waals surface area contributed by atoms with E-state index in [-0.39, 0.29) is 6.03 Å². The lowest BCUT2D eigenvalue weighted by Crippen LogP contribution is -2.40. The molecular formula is C21H23FN4O2. The van der Waals surface area contributed by atoms with Gasteiger partial charge in [0, 0.05) is 31.5 Å². The number of methoxy groups -OCH3 is 1. The molecule has 2 aromatic carbocycles. The smallest absolute Gasteiger partial charge is 0.315 e. The molecule has 0 aliphatic carbocycles. The van der Waals surface area contributed by atoms with Gasteiger partial charge in [-0.1, -0.05) is 30.3 Å². The molecule has 6 nitrogen and oxygen atoms in total. The molecule has 0 radical (unpaired) electrons. The zero-order chi connectivity index (χ0) is 19.9. The first-order valence-corrected chi connectivity index (χ1v) is 8.97. The predicted octanol–water partition coefficient (Wildman–Crippen LogP) is 3.20. The Bertz CT molecular complexity index is 924. The molecular weight excluding hydrogens is 359 g/mol. The summed E-state index contributed by atoms with van der Waals surface area (Å²) in [7, 11) is 3.42. The number of benzene rings is 2. The molecule has 1 heterocycles. The number of carbonyl (C=O) groups excluding carboxylic acids is 1. The van der Waals surface area contributed by atoms with Gasteiger partial charge in [0.25, 0.3) is 0 Å². The van der Waals surface area contributed by atoms with Gasteiger partial charge >= 0.3 is 6.03 Å². The van der Waals surface area contributed by atoms with Crippen LogP contribution in [0.1, 0.15) is 23.0 Å². The highest BCUT2D eigenvalue weighted by atomic mass is 19.1. The van der Waals surface area contributed by atoms with Crippen LogP contribution < -0.4 is 15.4 Å². The van der Waals surface area contributed by atoms with Gasteiger partial charge in [-0.2, -0.15) is 0 Å². The molecule has 3 rings (SSSR count). The van der Waals surface area contributed by atoms with Gasteiger partial charge < -0.3 is 19.9 Å². The Morgan fingerprint density at radius 1 is 1.21 bits per heavy atom. The third-order valence-corrected chi connectivity index (χ3v) is 4.47. The van der Waals surface area contributed by atoms with E-state index in [1.807, 2.05) is 24.3 Å². The summed E-state index contributed by atoms with van der Waals surface area (Å²) in [5, 5.41) is 5.65. The summed E-state index contributed by atoms with van der Waals surface area (Å²) in [4.78, 5) is 16.7. The summed E-state index contributed by atoms with van der Waals surface area (Å²) in [6, 6.07) is 13.0. The van der Waals surface area contributed by atoms with Crippen LogP contribution in [0.2, 0.25) is 0 Å². The van der Waals surface area contributed by atoms with Gasteiger partial charge in [0.15, 0.2) is 0 Å². The van der Waals surface area contributed by atoms with E-state index in [4.69, 9.17) is 4.74 Å². The van der Waals surface area contributed by atoms with E-state index in [1.54, 1.807) is 49.3 Å². The lowest BCUT2D eigenvalue weighted by molar-refractivity contribution is 0.238. The second kappa shape index (κ2) is 9.03. The van der Waals surface area contributed by atoms with Crippen molar-refractivity contribution in [3.8, 4) is 5.75 Å². The molecule has 0 fully saturated rings. The maximum Gasteiger partial charge on any atom is 0.315 e. The largest absolute Gasteiger partial charge is 0.497 e. The number of hydrogen-bond acceptors (Lipinski definition) is 3. The Morgan fingerprint density at radius 3 is 2.61 bits per heavy atom. The monoisotopic (exact) mass is 382 g/mol. The Labute approximate surface area is 163 Å². The van der Waals surface area contributed by atoms with Gasteiger partial charge in [-0.15, -0.1) is 0 Å². The molecule has 0 saturated heterocycles. The van der Waals surface area contributed by atoms with Crippen LogP contribution >= 0.6 is 0 Å². The van der Waals surface area contributed by atoms with Crippen molar-refractivity contribution in [3.05, 3.63) is 83.7 Å². The van der Waals surface area contributed by atoms with Crippen LogP contribution in [0.5, 0.6) is 5.75 Å². The molecule has 0 aliphatic rings. The number of ether oxygens (including phenoxy) is 1. The number of aryl methyl sites for hydroxylation is 1. The third-order valence-electron chi connectivity index (χ3n) is 4.47. The van der Waals surface area contributed by atoms with Crippen LogP contribution in [0.15, 0.2) is 60.9 Å². The maximum absolute atomic E-state index is 14.3. The summed E-state index contributed by atoms with van der Waals surface area (Å²) in [6.45, 7) is 0.447. The van der Waals surface area contributed by atoms with Crippen molar-refractivity contribution >= 4 is 6.03 Å². The first-order valence-electron chi connectivity index (χ1n) is 8.97. The van der Waals surface area contributed by atoms with Crippen LogP contribution in [-0.2, 0) is 13.5 Å². The first kappa shape index (κ1) is 19.4. The van der Waals surface area contributed by atoms with Crippen molar-refractivity contribution in [3.63, 3.8) is 0 Å². The van der Waals surface area contributed by atoms with E-state index in [0.29, 0.717) is 24.4 Å². The molecule has 28 heavy (non-hydrogen) atoms. The van der Waals surface area contributed by atoms with Crippen LogP contribution in [0, 0.1) is 5.82 Å². The fourth-order valence-corrected chi connectivity index (χ4v) is 2.94. The Hall–Kier alpha value is -3.35. The van der Waals surface area contributed by atoms with Crippen molar-refractivity contribution in [1.29, 1.82) is 0 Å². The van der Waals surface area contributed by atoms with Crippen molar-refractivity contribution in [2.75, 3.05) is 13.7 Å². The number of halogens is 1. The van der Waals surface area contributed by atoms with Gasteiger partial charge in [0.2, 0.25) is 0 Å². The summed E-state index contributed by atoms with van der Waals surface area (Å²) in [5.41, 5.74) is 1.44. The highest BCUT2D eigenvalue weighted by Gasteiger charge is 2.23. The molecule has 3 aromatic rings. The standard InChI is InChI=1S/C21H23FN4O2/c1-26-14-13-23-20(26)19(17-5-3-4-6-18(17)22)25-21(27)24-12-11-15-7-9-16(28-2)10-8-15/h3-10,13-14,19H,11-12H2,1-2H3,(H2,24,25,27)/t19-/m1/s1. The summed E-state index contributed by atoms with van der Waals surface area (Å²) < 4.78 is 21.2. The highest BCUT2D eigenvalue weighted by molar-refractivity contribution is 5.74. The number of amides is 2. The molecule has 1 aromatic heterocycles. The second-order valence-corrected chi connectivity index (χ2v) is 6.35. The zero-order valence-corrected chi connectivity index (χ0v) is 15.9. The van der Waals surface area contributed by atoms with E-state index in [9.17, 15) is 9.18 Å². The average molecular weight is 382 g/mol. The zero-order valence-electron chi connectivity index (χ0n) is 15.9. The van der Waals surface area contributed by atoms with Crippen molar-refractivity contribution in [2.24, 2.45) is 7.05 Å². The van der Waals surface area contributed by atoms with Crippen molar-refractivity contribution < 1.29 is 13.9 Å². The molecule has 1 atom stereocenters. The number of imidazole rings is 1. The summed E-state index contributed by atoms with van der Waals surface area (Å²) in [5.74, 6) is 0.946. The first-order chi connectivity index (χ1) is 13.6.